The molecule has 7 heteroatoms. The van der Waals surface area contributed by atoms with Gasteiger partial charge in [0.1, 0.15) is 6.79 Å². The van der Waals surface area contributed by atoms with E-state index in [-0.39, 0.29) is 6.10 Å². The van der Waals surface area contributed by atoms with E-state index >= 15 is 0 Å². The van der Waals surface area contributed by atoms with Gasteiger partial charge in [-0.3, -0.25) is 0 Å². The highest BCUT2D eigenvalue weighted by molar-refractivity contribution is 7.99. The molecule has 1 aliphatic rings. The fourth-order valence-electron chi connectivity index (χ4n) is 1.84. The molecule has 1 atom stereocenters. The van der Waals surface area contributed by atoms with Gasteiger partial charge >= 0.3 is 0 Å². The maximum Gasteiger partial charge on any atom is 0.253 e. The van der Waals surface area contributed by atoms with E-state index in [9.17, 15) is 0 Å². The molecule has 0 spiro atoms. The molecule has 6 nitrogen and oxygen atoms in total. The molecule has 0 amide bonds. The predicted octanol–water partition coefficient (Wildman–Crippen LogP) is 1.21. The number of nitrogens with zero attached hydrogens (tertiary/aromatic N) is 4. The van der Waals surface area contributed by atoms with Crippen LogP contribution in [0.15, 0.2) is 11.2 Å². The smallest absolute Gasteiger partial charge is 0.253 e. The lowest BCUT2D eigenvalue weighted by Gasteiger charge is -2.03. The summed E-state index contributed by atoms with van der Waals surface area (Å²) in [5.41, 5.74) is 1.99. The van der Waals surface area contributed by atoms with Crippen LogP contribution in [0, 0.1) is 13.8 Å². The first-order valence-corrected chi connectivity index (χ1v) is 6.74. The molecule has 0 N–H and O–H groups in total. The van der Waals surface area contributed by atoms with Crippen molar-refractivity contribution < 1.29 is 9.47 Å². The van der Waals surface area contributed by atoms with E-state index in [1.807, 2.05) is 19.9 Å². The highest BCUT2D eigenvalue weighted by Gasteiger charge is 2.17. The number of aromatic nitrogens is 4. The Morgan fingerprint density at radius 1 is 1.44 bits per heavy atom. The Morgan fingerprint density at radius 2 is 2.33 bits per heavy atom. The average molecular weight is 266 g/mol. The highest BCUT2D eigenvalue weighted by Crippen LogP contribution is 2.18. The molecular weight excluding hydrogens is 252 g/mol. The minimum absolute atomic E-state index is 0.136. The van der Waals surface area contributed by atoms with Crippen LogP contribution in [0.4, 0.5) is 0 Å². The first kappa shape index (κ1) is 11.9. The van der Waals surface area contributed by atoms with Crippen LogP contribution in [0.25, 0.3) is 5.78 Å². The van der Waals surface area contributed by atoms with Crippen LogP contribution in [-0.2, 0) is 9.47 Å². The molecule has 2 aromatic rings. The fourth-order valence-corrected chi connectivity index (χ4v) is 2.66. The minimum Gasteiger partial charge on any atom is -0.353 e. The van der Waals surface area contributed by atoms with Crippen LogP contribution in [0.3, 0.4) is 0 Å². The second-order valence-corrected chi connectivity index (χ2v) is 5.22. The molecule has 0 unspecified atom stereocenters. The molecule has 0 aliphatic carbocycles. The fraction of sp³-hybridized carbons (Fsp3) is 0.545. The van der Waals surface area contributed by atoms with Crippen molar-refractivity contribution in [3.8, 4) is 0 Å². The van der Waals surface area contributed by atoms with Gasteiger partial charge in [-0.1, -0.05) is 11.8 Å². The van der Waals surface area contributed by atoms with Crippen molar-refractivity contribution in [2.75, 3.05) is 19.2 Å². The van der Waals surface area contributed by atoms with Crippen LogP contribution in [0.5, 0.6) is 0 Å². The Balaban J connectivity index is 1.78. The summed E-state index contributed by atoms with van der Waals surface area (Å²) in [6.07, 6.45) is 0.136. The first-order valence-electron chi connectivity index (χ1n) is 5.75. The topological polar surface area (TPSA) is 61.5 Å². The molecule has 0 bridgehead atoms. The number of ether oxygens (including phenoxy) is 2. The van der Waals surface area contributed by atoms with E-state index in [4.69, 9.17) is 9.47 Å². The second-order valence-electron chi connectivity index (χ2n) is 4.23. The van der Waals surface area contributed by atoms with Crippen LogP contribution in [0.2, 0.25) is 0 Å². The quantitative estimate of drug-likeness (QED) is 0.778. The Hall–Kier alpha value is -1.18. The molecule has 18 heavy (non-hydrogen) atoms. The van der Waals surface area contributed by atoms with Gasteiger partial charge in [-0.05, 0) is 19.9 Å². The molecule has 1 aliphatic heterocycles. The molecule has 0 radical (unpaired) electrons. The van der Waals surface area contributed by atoms with Gasteiger partial charge in [-0.15, -0.1) is 5.10 Å². The number of fused-ring (bicyclic) bond motifs is 1. The summed E-state index contributed by atoms with van der Waals surface area (Å²) >= 11 is 1.57. The van der Waals surface area contributed by atoms with Gasteiger partial charge in [-0.25, -0.2) is 9.50 Å². The van der Waals surface area contributed by atoms with E-state index in [0.29, 0.717) is 19.2 Å². The van der Waals surface area contributed by atoms with Crippen molar-refractivity contribution >= 4 is 17.5 Å². The van der Waals surface area contributed by atoms with Crippen LogP contribution >= 0.6 is 11.8 Å². The Bertz CT molecular complexity index is 565. The van der Waals surface area contributed by atoms with Gasteiger partial charge in [0.05, 0.1) is 12.7 Å². The Kier molecular flexibility index (Phi) is 3.19. The monoisotopic (exact) mass is 266 g/mol. The van der Waals surface area contributed by atoms with Gasteiger partial charge in [-0.2, -0.15) is 4.98 Å². The molecular formula is C11H14N4O2S. The van der Waals surface area contributed by atoms with Gasteiger partial charge in [0.15, 0.2) is 0 Å². The summed E-state index contributed by atoms with van der Waals surface area (Å²) < 4.78 is 12.3. The molecule has 96 valence electrons. The molecule has 0 saturated carbocycles. The number of thioether (sulfide) groups is 1. The highest BCUT2D eigenvalue weighted by atomic mass is 32.2. The van der Waals surface area contributed by atoms with Crippen LogP contribution < -0.4 is 0 Å². The predicted molar refractivity (Wildman–Crippen MR) is 66.7 cm³/mol. The van der Waals surface area contributed by atoms with E-state index in [1.54, 1.807) is 16.3 Å². The second kappa shape index (κ2) is 4.83. The van der Waals surface area contributed by atoms with E-state index < -0.39 is 0 Å². The van der Waals surface area contributed by atoms with Gasteiger partial charge in [0.25, 0.3) is 5.78 Å². The Labute approximate surface area is 109 Å². The first-order chi connectivity index (χ1) is 8.72. The van der Waals surface area contributed by atoms with Crippen molar-refractivity contribution in [3.05, 3.63) is 17.5 Å². The number of aryl methyl sites for hydroxylation is 2. The minimum atomic E-state index is 0.136. The van der Waals surface area contributed by atoms with Gasteiger partial charge in [0.2, 0.25) is 5.16 Å². The standard InChI is InChI=1S/C11H14N4O2S/c1-7-3-8(2)15-10(12-7)13-11(14-15)18-5-9-4-16-6-17-9/h3,9H,4-6H2,1-2H3/t9-/m1/s1. The summed E-state index contributed by atoms with van der Waals surface area (Å²) in [5.74, 6) is 1.45. The van der Waals surface area contributed by atoms with Crippen molar-refractivity contribution in [2.45, 2.75) is 25.1 Å². The van der Waals surface area contributed by atoms with E-state index in [2.05, 4.69) is 15.1 Å². The maximum atomic E-state index is 5.37. The molecule has 0 aromatic carbocycles. The molecule has 1 fully saturated rings. The SMILES string of the molecule is Cc1cc(C)n2nc(SC[C@H]3COCO3)nc2n1. The summed E-state index contributed by atoms with van der Waals surface area (Å²) in [5, 5.41) is 5.15. The van der Waals surface area contributed by atoms with Crippen molar-refractivity contribution in [1.29, 1.82) is 0 Å². The summed E-state index contributed by atoms with van der Waals surface area (Å²) in [6, 6.07) is 1.99. The number of hydrogen-bond acceptors (Lipinski definition) is 6. The van der Waals surface area contributed by atoms with Gasteiger partial charge < -0.3 is 9.47 Å². The zero-order chi connectivity index (χ0) is 12.5. The van der Waals surface area contributed by atoms with Crippen molar-refractivity contribution in [3.63, 3.8) is 0 Å². The molecule has 2 aromatic heterocycles. The normalized spacial score (nSPS) is 19.8. The van der Waals surface area contributed by atoms with Crippen molar-refractivity contribution in [2.24, 2.45) is 0 Å². The summed E-state index contributed by atoms with van der Waals surface area (Å²) in [7, 11) is 0. The average Bonchev–Trinajstić information content (AvgIpc) is 2.93. The lowest BCUT2D eigenvalue weighted by Crippen LogP contribution is -2.12. The summed E-state index contributed by atoms with van der Waals surface area (Å²) in [4.78, 5) is 8.76. The maximum absolute atomic E-state index is 5.37. The van der Waals surface area contributed by atoms with E-state index in [1.165, 1.54) is 0 Å². The lowest BCUT2D eigenvalue weighted by atomic mass is 10.4. The van der Waals surface area contributed by atoms with Gasteiger partial charge in [0, 0.05) is 17.1 Å². The molecule has 1 saturated heterocycles. The number of hydrogen-bond donors (Lipinski definition) is 0. The largest absolute Gasteiger partial charge is 0.353 e. The third kappa shape index (κ3) is 2.33. The van der Waals surface area contributed by atoms with E-state index in [0.717, 1.165) is 22.3 Å². The third-order valence-corrected chi connectivity index (χ3v) is 3.66. The Morgan fingerprint density at radius 3 is 3.11 bits per heavy atom. The lowest BCUT2D eigenvalue weighted by molar-refractivity contribution is 0.0524. The van der Waals surface area contributed by atoms with Crippen LogP contribution in [-0.4, -0.2) is 44.8 Å². The number of rotatable bonds is 3. The molecule has 3 rings (SSSR count). The third-order valence-electron chi connectivity index (χ3n) is 2.69. The zero-order valence-corrected chi connectivity index (χ0v) is 11.1. The molecule has 3 heterocycles. The van der Waals surface area contributed by atoms with Crippen molar-refractivity contribution in [1.82, 2.24) is 19.6 Å². The summed E-state index contributed by atoms with van der Waals surface area (Å²) in [6.45, 7) is 5.00. The van der Waals surface area contributed by atoms with Crippen LogP contribution in [0.1, 0.15) is 11.4 Å². The zero-order valence-electron chi connectivity index (χ0n) is 10.3.